The van der Waals surface area contributed by atoms with Gasteiger partial charge in [0.15, 0.2) is 0 Å². The maximum Gasteiger partial charge on any atom is 0.231 e. The maximum atomic E-state index is 11.5. The molecule has 0 saturated carbocycles. The Morgan fingerprint density at radius 1 is 1.67 bits per heavy atom. The summed E-state index contributed by atoms with van der Waals surface area (Å²) >= 11 is 1.54. The van der Waals surface area contributed by atoms with Crippen molar-refractivity contribution in [3.63, 3.8) is 0 Å². The van der Waals surface area contributed by atoms with Gasteiger partial charge in [-0.3, -0.25) is 9.89 Å². The number of carbonyl (C=O) groups excluding carboxylic acids is 1. The summed E-state index contributed by atoms with van der Waals surface area (Å²) in [6, 6.07) is 1.70. The number of anilines is 1. The van der Waals surface area contributed by atoms with Gasteiger partial charge in [-0.05, 0) is 6.92 Å². The van der Waals surface area contributed by atoms with Crippen LogP contribution in [0.3, 0.4) is 0 Å². The van der Waals surface area contributed by atoms with Crippen LogP contribution in [0.1, 0.15) is 10.7 Å². The highest BCUT2D eigenvalue weighted by molar-refractivity contribution is 7.09. The molecule has 2 heterocycles. The average Bonchev–Trinajstić information content (AvgIpc) is 2.77. The fraction of sp³-hybridized carbons (Fsp3) is 0.222. The number of hydrogen-bond donors (Lipinski definition) is 2. The first kappa shape index (κ1) is 9.85. The molecule has 0 radical (unpaired) electrons. The molecule has 2 N–H and O–H groups in total. The van der Waals surface area contributed by atoms with Gasteiger partial charge in [0.2, 0.25) is 5.91 Å². The highest BCUT2D eigenvalue weighted by Crippen LogP contribution is 2.09. The first-order valence-electron chi connectivity index (χ1n) is 4.44. The molecule has 0 aliphatic heterocycles. The van der Waals surface area contributed by atoms with Gasteiger partial charge in [-0.2, -0.15) is 5.10 Å². The molecule has 0 aliphatic carbocycles. The Kier molecular flexibility index (Phi) is 2.77. The van der Waals surface area contributed by atoms with Gasteiger partial charge < -0.3 is 5.32 Å². The molecule has 0 aromatic carbocycles. The van der Waals surface area contributed by atoms with Crippen molar-refractivity contribution in [1.82, 2.24) is 15.2 Å². The summed E-state index contributed by atoms with van der Waals surface area (Å²) in [5.41, 5.74) is 0.800. The normalized spacial score (nSPS) is 10.2. The predicted octanol–water partition coefficient (Wildman–Crippen LogP) is 1.36. The summed E-state index contributed by atoms with van der Waals surface area (Å²) in [6.45, 7) is 1.92. The molecule has 0 aliphatic rings. The van der Waals surface area contributed by atoms with E-state index in [1.807, 2.05) is 12.3 Å². The van der Waals surface area contributed by atoms with Crippen LogP contribution in [0, 0.1) is 6.92 Å². The Labute approximate surface area is 90.6 Å². The van der Waals surface area contributed by atoms with E-state index < -0.39 is 0 Å². The predicted molar refractivity (Wildman–Crippen MR) is 57.8 cm³/mol. The zero-order valence-corrected chi connectivity index (χ0v) is 8.97. The van der Waals surface area contributed by atoms with E-state index in [0.717, 1.165) is 10.7 Å². The lowest BCUT2D eigenvalue weighted by Crippen LogP contribution is -2.14. The number of aromatic nitrogens is 3. The highest BCUT2D eigenvalue weighted by Gasteiger charge is 2.06. The van der Waals surface area contributed by atoms with Gasteiger partial charge in [-0.25, -0.2) is 4.98 Å². The molecule has 0 unspecified atom stereocenters. The average molecular weight is 222 g/mol. The summed E-state index contributed by atoms with van der Waals surface area (Å²) in [4.78, 5) is 15.7. The van der Waals surface area contributed by atoms with Crippen LogP contribution in [-0.4, -0.2) is 21.1 Å². The smallest absolute Gasteiger partial charge is 0.231 e. The van der Waals surface area contributed by atoms with Crippen LogP contribution in [0.4, 0.5) is 5.82 Å². The minimum atomic E-state index is -0.0930. The molecule has 0 bridgehead atoms. The summed E-state index contributed by atoms with van der Waals surface area (Å²) in [6.07, 6.45) is 1.88. The van der Waals surface area contributed by atoms with Crippen molar-refractivity contribution in [2.24, 2.45) is 0 Å². The number of H-pyrrole nitrogens is 1. The van der Waals surface area contributed by atoms with E-state index in [0.29, 0.717) is 12.2 Å². The lowest BCUT2D eigenvalue weighted by atomic mass is 10.3. The van der Waals surface area contributed by atoms with Gasteiger partial charge in [0, 0.05) is 11.4 Å². The number of amides is 1. The minimum absolute atomic E-state index is 0.0930. The van der Waals surface area contributed by atoms with Crippen molar-refractivity contribution in [2.45, 2.75) is 13.3 Å². The van der Waals surface area contributed by atoms with Gasteiger partial charge in [0.25, 0.3) is 0 Å². The van der Waals surface area contributed by atoms with Crippen LogP contribution in [0.15, 0.2) is 17.6 Å². The Hall–Kier alpha value is -1.69. The number of rotatable bonds is 3. The minimum Gasteiger partial charge on any atom is -0.311 e. The number of aryl methyl sites for hydroxylation is 1. The van der Waals surface area contributed by atoms with Crippen molar-refractivity contribution in [1.29, 1.82) is 0 Å². The number of aromatic amines is 1. The summed E-state index contributed by atoms with van der Waals surface area (Å²) in [5.74, 6) is 0.511. The van der Waals surface area contributed by atoms with E-state index in [-0.39, 0.29) is 5.91 Å². The Morgan fingerprint density at radius 3 is 3.13 bits per heavy atom. The first-order chi connectivity index (χ1) is 7.24. The van der Waals surface area contributed by atoms with Gasteiger partial charge in [0.05, 0.1) is 23.3 Å². The molecular weight excluding hydrogens is 212 g/mol. The lowest BCUT2D eigenvalue weighted by Gasteiger charge is -1.99. The molecule has 0 spiro atoms. The quantitative estimate of drug-likeness (QED) is 0.823. The van der Waals surface area contributed by atoms with Crippen molar-refractivity contribution in [3.05, 3.63) is 28.3 Å². The monoisotopic (exact) mass is 222 g/mol. The number of nitrogens with one attached hydrogen (secondary N) is 2. The molecule has 0 atom stereocenters. The standard InChI is InChI=1S/C9H10N4OS/c1-6-11-7(5-15-6)4-9(14)12-8-2-3-10-13-8/h2-3,5H,4H2,1H3,(H2,10,12,13,14). The molecule has 1 amide bonds. The fourth-order valence-corrected chi connectivity index (χ4v) is 1.79. The van der Waals surface area contributed by atoms with Crippen molar-refractivity contribution in [3.8, 4) is 0 Å². The largest absolute Gasteiger partial charge is 0.311 e. The third-order valence-electron chi connectivity index (χ3n) is 1.78. The van der Waals surface area contributed by atoms with Crippen LogP contribution in [0.5, 0.6) is 0 Å². The third kappa shape index (κ3) is 2.63. The molecule has 2 aromatic rings. The van der Waals surface area contributed by atoms with Crippen LogP contribution in [0.2, 0.25) is 0 Å². The van der Waals surface area contributed by atoms with Crippen molar-refractivity contribution >= 4 is 23.1 Å². The molecule has 2 aromatic heterocycles. The van der Waals surface area contributed by atoms with E-state index in [1.165, 1.54) is 0 Å². The third-order valence-corrected chi connectivity index (χ3v) is 2.61. The van der Waals surface area contributed by atoms with Crippen LogP contribution in [-0.2, 0) is 11.2 Å². The highest BCUT2D eigenvalue weighted by atomic mass is 32.1. The second-order valence-corrected chi connectivity index (χ2v) is 4.12. The molecule has 2 rings (SSSR count). The molecular formula is C9H10N4OS. The second-order valence-electron chi connectivity index (χ2n) is 3.05. The summed E-state index contributed by atoms with van der Waals surface area (Å²) in [5, 5.41) is 11.9. The summed E-state index contributed by atoms with van der Waals surface area (Å²) in [7, 11) is 0. The van der Waals surface area contributed by atoms with Crippen molar-refractivity contribution in [2.75, 3.05) is 5.32 Å². The molecule has 0 fully saturated rings. The zero-order chi connectivity index (χ0) is 10.7. The Morgan fingerprint density at radius 2 is 2.53 bits per heavy atom. The molecule has 5 nitrogen and oxygen atoms in total. The van der Waals surface area contributed by atoms with Gasteiger partial charge in [0.1, 0.15) is 5.82 Å². The lowest BCUT2D eigenvalue weighted by molar-refractivity contribution is -0.115. The van der Waals surface area contributed by atoms with Crippen molar-refractivity contribution < 1.29 is 4.79 Å². The van der Waals surface area contributed by atoms with Crippen LogP contribution < -0.4 is 5.32 Å². The van der Waals surface area contributed by atoms with Crippen LogP contribution >= 0.6 is 11.3 Å². The topological polar surface area (TPSA) is 70.7 Å². The number of hydrogen-bond acceptors (Lipinski definition) is 4. The Balaban J connectivity index is 1.93. The van der Waals surface area contributed by atoms with E-state index >= 15 is 0 Å². The molecule has 78 valence electrons. The summed E-state index contributed by atoms with van der Waals surface area (Å²) < 4.78 is 0. The zero-order valence-electron chi connectivity index (χ0n) is 8.15. The fourth-order valence-electron chi connectivity index (χ4n) is 1.17. The van der Waals surface area contributed by atoms with Gasteiger partial charge >= 0.3 is 0 Å². The van der Waals surface area contributed by atoms with E-state index in [4.69, 9.17) is 0 Å². The van der Waals surface area contributed by atoms with Crippen LogP contribution in [0.25, 0.3) is 0 Å². The first-order valence-corrected chi connectivity index (χ1v) is 5.32. The maximum absolute atomic E-state index is 11.5. The Bertz CT molecular complexity index is 448. The molecule has 15 heavy (non-hydrogen) atoms. The molecule has 0 saturated heterocycles. The van der Waals surface area contributed by atoms with Gasteiger partial charge in [-0.1, -0.05) is 0 Å². The van der Waals surface area contributed by atoms with E-state index in [1.54, 1.807) is 23.6 Å². The number of nitrogens with zero attached hydrogens (tertiary/aromatic N) is 2. The van der Waals surface area contributed by atoms with E-state index in [2.05, 4.69) is 20.5 Å². The molecule has 6 heteroatoms. The second kappa shape index (κ2) is 4.22. The SMILES string of the molecule is Cc1nc(CC(=O)Nc2ccn[nH]2)cs1. The number of carbonyl (C=O) groups is 1. The van der Waals surface area contributed by atoms with Gasteiger partial charge in [-0.15, -0.1) is 11.3 Å². The van der Waals surface area contributed by atoms with E-state index in [9.17, 15) is 4.79 Å². The number of thiazole rings is 1.